The van der Waals surface area contributed by atoms with Crippen molar-refractivity contribution in [2.24, 2.45) is 5.41 Å². The molecule has 0 amide bonds. The number of phenols is 3. The van der Waals surface area contributed by atoms with E-state index in [1.807, 2.05) is 208 Å². The molecule has 19 heteroatoms. The maximum Gasteiger partial charge on any atom is 0.327 e. The molecule has 0 aliphatic rings. The highest BCUT2D eigenvalue weighted by atomic mass is 35.5. The molecule has 13 aromatic rings. The third-order valence-corrected chi connectivity index (χ3v) is 20.1. The minimum Gasteiger partial charge on any atom is -0.508 e. The van der Waals surface area contributed by atoms with Crippen LogP contribution >= 0.6 is 11.6 Å². The van der Waals surface area contributed by atoms with Gasteiger partial charge in [-0.25, -0.2) is 38.3 Å². The number of nitrogens with zero attached hydrogens (tertiary/aromatic N) is 6. The lowest BCUT2D eigenvalue weighted by molar-refractivity contribution is -0.157. The van der Waals surface area contributed by atoms with Crippen LogP contribution in [0, 0.1) is 12.3 Å². The van der Waals surface area contributed by atoms with Crippen molar-refractivity contribution in [1.82, 2.24) is 29.9 Å². The van der Waals surface area contributed by atoms with Crippen molar-refractivity contribution in [2.45, 2.75) is 62.8 Å². The summed E-state index contributed by atoms with van der Waals surface area (Å²) in [5, 5.41) is 42.5. The predicted octanol–water partition coefficient (Wildman–Crippen LogP) is 18.3. The molecule has 0 bridgehead atoms. The predicted molar refractivity (Wildman–Crippen MR) is 418 cm³/mol. The van der Waals surface area contributed by atoms with Crippen molar-refractivity contribution in [2.75, 3.05) is 25.6 Å². The van der Waals surface area contributed by atoms with Crippen LogP contribution in [-0.4, -0.2) is 107 Å². The van der Waals surface area contributed by atoms with Gasteiger partial charge in [0, 0.05) is 34.4 Å². The minimum atomic E-state index is -4.03. The van der Waals surface area contributed by atoms with Gasteiger partial charge in [-0.1, -0.05) is 249 Å². The van der Waals surface area contributed by atoms with E-state index in [-0.39, 0.29) is 46.9 Å². The van der Waals surface area contributed by atoms with Crippen LogP contribution in [0.15, 0.2) is 284 Å². The lowest BCUT2D eigenvalue weighted by Gasteiger charge is -2.33. The average molecular weight is 1460 g/mol. The topological polar surface area (TPSA) is 254 Å². The van der Waals surface area contributed by atoms with Crippen molar-refractivity contribution >= 4 is 33.4 Å². The molecule has 2 heterocycles. The van der Waals surface area contributed by atoms with Crippen LogP contribution in [0.2, 0.25) is 0 Å². The summed E-state index contributed by atoms with van der Waals surface area (Å²) in [6.07, 6.45) is -0.482. The largest absolute Gasteiger partial charge is 0.508 e. The molecule has 13 rings (SSSR count). The number of ether oxygens (including phenoxy) is 3. The Balaban J connectivity index is 0.000000236. The van der Waals surface area contributed by atoms with Gasteiger partial charge < -0.3 is 34.6 Å². The standard InChI is InChI=1S/C55H54ClN3O9S.C33H23N3O2/c1-5-6-31-66-52(62)54(3,36-69(64,65)46-28-17-37(2)18-29-46)35-55(4,56)53(63)68-34-44(60)33-67-45-27-30-47(48(61)32-45)51-58-49(42-23-19-40(20-24-42)38-13-9-7-10-14-38)57-50(59-51)43-25-21-41(22-26-43)39-15-11-8-12-16-39;37-28-19-20-29(30(38)21-28)33-35-31(26-15-11-24(12-16-26)22-7-3-1-4-8-22)34-32(36-33)27-17-13-25(14-18-27)23-9-5-2-6-10-23/h7-30,32,44,60-61H,5-6,31,33-36H2,1-4H3;1-21,37-38H. The summed E-state index contributed by atoms with van der Waals surface area (Å²) in [7, 11) is -4.03. The number of aromatic nitrogens is 6. The molecule has 0 saturated heterocycles. The first-order valence-electron chi connectivity index (χ1n) is 34.8. The van der Waals surface area contributed by atoms with E-state index < -0.39 is 56.9 Å². The summed E-state index contributed by atoms with van der Waals surface area (Å²) in [4.78, 5) is 53.7. The van der Waals surface area contributed by atoms with Gasteiger partial charge in [-0.15, -0.1) is 11.6 Å². The van der Waals surface area contributed by atoms with E-state index in [1.54, 1.807) is 30.3 Å². The number of carbonyl (C=O) groups is 2. The Morgan fingerprint density at radius 3 is 1.16 bits per heavy atom. The van der Waals surface area contributed by atoms with E-state index >= 15 is 0 Å². The number of rotatable bonds is 25. The molecule has 107 heavy (non-hydrogen) atoms. The van der Waals surface area contributed by atoms with Gasteiger partial charge in [-0.3, -0.25) is 9.59 Å². The van der Waals surface area contributed by atoms with Crippen molar-refractivity contribution in [3.05, 3.63) is 285 Å². The second kappa shape index (κ2) is 33.7. The molecule has 0 radical (unpaired) electrons. The zero-order valence-electron chi connectivity index (χ0n) is 59.2. The number of sulfone groups is 1. The SMILES string of the molecule is CCCCOC(=O)C(C)(CC(C)(Cl)C(=O)OCC(O)COc1ccc(-c2nc(-c3ccc(-c4ccccc4)cc3)nc(-c3ccc(-c4ccccc4)cc3)n2)c(O)c1)CS(=O)(=O)c1ccc(C)cc1.Oc1ccc(-c2nc(-c3ccc(-c4ccccc4)cc3)nc(-c3ccc(-c4ccccc4)cc3)n2)c(O)c1. The number of esters is 2. The van der Waals surface area contributed by atoms with Gasteiger partial charge in [0.15, 0.2) is 44.8 Å². The molecule has 17 nitrogen and oxygen atoms in total. The number of alkyl halides is 1. The molecule has 538 valence electrons. The van der Waals surface area contributed by atoms with Gasteiger partial charge in [0.2, 0.25) is 0 Å². The maximum atomic E-state index is 13.6. The van der Waals surface area contributed by atoms with Crippen LogP contribution < -0.4 is 4.74 Å². The first-order valence-corrected chi connectivity index (χ1v) is 36.9. The Hall–Kier alpha value is -12.2. The van der Waals surface area contributed by atoms with Gasteiger partial charge in [-0.2, -0.15) is 0 Å². The Morgan fingerprint density at radius 2 is 0.785 bits per heavy atom. The second-order valence-electron chi connectivity index (χ2n) is 26.3. The molecule has 0 fully saturated rings. The first kappa shape index (κ1) is 74.5. The summed E-state index contributed by atoms with van der Waals surface area (Å²) < 4.78 is 43.8. The Bertz CT molecular complexity index is 5120. The Labute approximate surface area is 626 Å². The van der Waals surface area contributed by atoms with Gasteiger partial charge in [-0.05, 0) is 115 Å². The molecule has 0 aliphatic heterocycles. The van der Waals surface area contributed by atoms with Gasteiger partial charge >= 0.3 is 11.9 Å². The fourth-order valence-corrected chi connectivity index (χ4v) is 14.2. The van der Waals surface area contributed by atoms with Gasteiger partial charge in [0.05, 0.1) is 33.8 Å². The number of aromatic hydroxyl groups is 3. The van der Waals surface area contributed by atoms with E-state index in [2.05, 4.69) is 24.3 Å². The lowest BCUT2D eigenvalue weighted by atomic mass is 9.82. The summed E-state index contributed by atoms with van der Waals surface area (Å²) >= 11 is 6.73. The van der Waals surface area contributed by atoms with Crippen molar-refractivity contribution in [1.29, 1.82) is 0 Å². The van der Waals surface area contributed by atoms with Crippen LogP contribution in [0.5, 0.6) is 23.0 Å². The smallest absolute Gasteiger partial charge is 0.327 e. The Morgan fingerprint density at radius 1 is 0.430 bits per heavy atom. The highest BCUT2D eigenvalue weighted by Gasteiger charge is 2.48. The first-order chi connectivity index (χ1) is 51.7. The zero-order chi connectivity index (χ0) is 75.1. The zero-order valence-corrected chi connectivity index (χ0v) is 60.8. The molecule has 3 unspecified atom stereocenters. The van der Waals surface area contributed by atoms with Crippen LogP contribution in [0.4, 0.5) is 0 Å². The van der Waals surface area contributed by atoms with Crippen molar-refractivity contribution < 1.29 is 52.6 Å². The number of unbranched alkanes of at least 4 members (excludes halogenated alkanes) is 1. The number of benzene rings is 11. The fraction of sp³-hybridized carbons (Fsp3) is 0.159. The summed E-state index contributed by atoms with van der Waals surface area (Å²) in [5.41, 5.74) is 11.6. The number of carbonyl (C=O) groups excluding carboxylic acids is 2. The van der Waals surface area contributed by atoms with E-state index in [4.69, 9.17) is 55.7 Å². The van der Waals surface area contributed by atoms with E-state index in [0.29, 0.717) is 46.7 Å². The number of aryl methyl sites for hydroxylation is 1. The normalized spacial score (nSPS) is 12.7. The number of hydrogen-bond acceptors (Lipinski definition) is 17. The number of hydrogen-bond donors (Lipinski definition) is 4. The molecule has 2 aromatic heterocycles. The fourth-order valence-electron chi connectivity index (χ4n) is 12.1. The van der Waals surface area contributed by atoms with Crippen molar-refractivity contribution in [3.63, 3.8) is 0 Å². The van der Waals surface area contributed by atoms with Gasteiger partial charge in [0.25, 0.3) is 0 Å². The second-order valence-corrected chi connectivity index (χ2v) is 29.1. The highest BCUT2D eigenvalue weighted by molar-refractivity contribution is 7.91. The number of phenolic OH excluding ortho intramolecular Hbond substituents is 3. The van der Waals surface area contributed by atoms with E-state index in [9.17, 15) is 38.4 Å². The monoisotopic (exact) mass is 1460 g/mol. The van der Waals surface area contributed by atoms with E-state index in [0.717, 1.165) is 78.7 Å². The lowest BCUT2D eigenvalue weighted by Crippen LogP contribution is -2.45. The molecule has 3 atom stereocenters. The van der Waals surface area contributed by atoms with E-state index in [1.165, 1.54) is 44.2 Å². The third kappa shape index (κ3) is 18.8. The highest BCUT2D eigenvalue weighted by Crippen LogP contribution is 2.40. The number of aliphatic hydroxyl groups excluding tert-OH is 1. The summed E-state index contributed by atoms with van der Waals surface area (Å²) in [6, 6.07) is 87.4. The van der Waals surface area contributed by atoms with Crippen molar-refractivity contribution in [3.8, 4) is 136 Å². The minimum absolute atomic E-state index is 0.0154. The molecule has 0 aliphatic carbocycles. The Kier molecular flexibility index (Phi) is 23.5. The molecule has 0 saturated carbocycles. The van der Waals surface area contributed by atoms with Crippen LogP contribution in [0.25, 0.3) is 113 Å². The average Bonchev–Trinajstić information content (AvgIpc) is 0.784. The number of aliphatic hydroxyl groups is 1. The van der Waals surface area contributed by atoms with Crippen LogP contribution in [0.1, 0.15) is 45.6 Å². The van der Waals surface area contributed by atoms with Crippen LogP contribution in [-0.2, 0) is 28.9 Å². The van der Waals surface area contributed by atoms with Gasteiger partial charge in [0.1, 0.15) is 47.2 Å². The molecule has 0 spiro atoms. The quantitative estimate of drug-likeness (QED) is 0.0236. The summed E-state index contributed by atoms with van der Waals surface area (Å²) in [5.74, 6) is -0.301. The molecule has 11 aromatic carbocycles. The number of halogens is 1. The third-order valence-electron chi connectivity index (χ3n) is 17.8. The van der Waals surface area contributed by atoms with Crippen LogP contribution in [0.3, 0.4) is 0 Å². The molecule has 4 N–H and O–H groups in total. The molecular formula is C88H77ClN6O11S. The molecular weight excluding hydrogens is 1380 g/mol. The summed E-state index contributed by atoms with van der Waals surface area (Å²) in [6.45, 7) is 5.65. The maximum absolute atomic E-state index is 13.6.